The van der Waals surface area contributed by atoms with Crippen molar-refractivity contribution in [2.24, 2.45) is 17.8 Å². The van der Waals surface area contributed by atoms with Crippen LogP contribution in [0.4, 0.5) is 4.39 Å². The van der Waals surface area contributed by atoms with Crippen LogP contribution in [0.25, 0.3) is 0 Å². The van der Waals surface area contributed by atoms with Gasteiger partial charge in [-0.2, -0.15) is 0 Å². The monoisotopic (exact) mass is 241 g/mol. The summed E-state index contributed by atoms with van der Waals surface area (Å²) < 4.78 is 13.4. The molecule has 0 N–H and O–H groups in total. The first-order chi connectivity index (χ1) is 7.89. The van der Waals surface area contributed by atoms with E-state index in [1.165, 1.54) is 6.42 Å². The molecule has 1 saturated heterocycles. The van der Waals surface area contributed by atoms with Gasteiger partial charge < -0.3 is 4.90 Å². The Balaban J connectivity index is 1.88. The molecule has 2 unspecified atom stereocenters. The summed E-state index contributed by atoms with van der Waals surface area (Å²) in [5, 5.41) is 0. The SMILES string of the molecule is CC(C)C1CCCC(C(=O)N2CC(C)(F)C2)C1. The minimum Gasteiger partial charge on any atom is -0.336 e. The standard InChI is InChI=1S/C14H24FNO/c1-10(2)11-5-4-6-12(7-11)13(17)16-8-14(3,15)9-16/h10-12H,4-9H2,1-3H3. The first kappa shape index (κ1) is 12.8. The Bertz CT molecular complexity index is 293. The quantitative estimate of drug-likeness (QED) is 0.727. The van der Waals surface area contributed by atoms with Crippen LogP contribution in [0.1, 0.15) is 46.5 Å². The molecule has 0 spiro atoms. The maximum Gasteiger partial charge on any atom is 0.225 e. The molecule has 0 radical (unpaired) electrons. The molecule has 2 aliphatic rings. The van der Waals surface area contributed by atoms with Gasteiger partial charge in [0, 0.05) is 5.92 Å². The highest BCUT2D eigenvalue weighted by Crippen LogP contribution is 2.36. The highest BCUT2D eigenvalue weighted by molar-refractivity contribution is 5.80. The number of nitrogens with zero attached hydrogens (tertiary/aromatic N) is 1. The third-order valence-corrected chi connectivity index (χ3v) is 4.36. The average Bonchev–Trinajstić information content (AvgIpc) is 2.25. The van der Waals surface area contributed by atoms with E-state index in [2.05, 4.69) is 13.8 Å². The number of halogens is 1. The van der Waals surface area contributed by atoms with Gasteiger partial charge in [0.15, 0.2) is 0 Å². The van der Waals surface area contributed by atoms with Crippen molar-refractivity contribution in [3.05, 3.63) is 0 Å². The van der Waals surface area contributed by atoms with Crippen LogP contribution in [-0.2, 0) is 4.79 Å². The Morgan fingerprint density at radius 3 is 2.53 bits per heavy atom. The molecular weight excluding hydrogens is 217 g/mol. The van der Waals surface area contributed by atoms with Crippen molar-refractivity contribution >= 4 is 5.91 Å². The lowest BCUT2D eigenvalue weighted by molar-refractivity contribution is -0.150. The third kappa shape index (κ3) is 2.80. The molecule has 98 valence electrons. The summed E-state index contributed by atoms with van der Waals surface area (Å²) in [7, 11) is 0. The van der Waals surface area contributed by atoms with Crippen LogP contribution in [0.15, 0.2) is 0 Å². The molecule has 0 bridgehead atoms. The lowest BCUT2D eigenvalue weighted by Crippen LogP contribution is -2.60. The molecule has 3 heteroatoms. The van der Waals surface area contributed by atoms with E-state index < -0.39 is 5.67 Å². The van der Waals surface area contributed by atoms with E-state index in [1.54, 1.807) is 11.8 Å². The van der Waals surface area contributed by atoms with Gasteiger partial charge in [0.05, 0.1) is 13.1 Å². The molecule has 2 fully saturated rings. The molecule has 1 amide bonds. The first-order valence-electron chi connectivity index (χ1n) is 6.87. The lowest BCUT2D eigenvalue weighted by atomic mass is 9.75. The van der Waals surface area contributed by atoms with Gasteiger partial charge in [0.1, 0.15) is 5.67 Å². The Kier molecular flexibility index (Phi) is 3.46. The fourth-order valence-corrected chi connectivity index (χ4v) is 3.22. The Labute approximate surface area is 104 Å². The van der Waals surface area contributed by atoms with E-state index in [4.69, 9.17) is 0 Å². The number of hydrogen-bond donors (Lipinski definition) is 0. The van der Waals surface area contributed by atoms with Crippen molar-refractivity contribution in [2.75, 3.05) is 13.1 Å². The van der Waals surface area contributed by atoms with Crippen LogP contribution in [-0.4, -0.2) is 29.6 Å². The summed E-state index contributed by atoms with van der Waals surface area (Å²) in [5.74, 6) is 1.70. The van der Waals surface area contributed by atoms with Gasteiger partial charge in [0.2, 0.25) is 5.91 Å². The third-order valence-electron chi connectivity index (χ3n) is 4.36. The molecular formula is C14H24FNO. The maximum atomic E-state index is 13.4. The molecule has 1 saturated carbocycles. The fourth-order valence-electron chi connectivity index (χ4n) is 3.22. The van der Waals surface area contributed by atoms with E-state index >= 15 is 0 Å². The predicted octanol–water partition coefficient (Wildman–Crippen LogP) is 3.02. The van der Waals surface area contributed by atoms with E-state index in [0.29, 0.717) is 24.9 Å². The number of rotatable bonds is 2. The van der Waals surface area contributed by atoms with Crippen molar-refractivity contribution in [3.8, 4) is 0 Å². The van der Waals surface area contributed by atoms with Gasteiger partial charge in [-0.05, 0) is 31.6 Å². The van der Waals surface area contributed by atoms with E-state index in [1.807, 2.05) is 0 Å². The number of alkyl halides is 1. The molecule has 0 aromatic rings. The van der Waals surface area contributed by atoms with Crippen LogP contribution < -0.4 is 0 Å². The number of hydrogen-bond acceptors (Lipinski definition) is 1. The van der Waals surface area contributed by atoms with Gasteiger partial charge in [-0.25, -0.2) is 4.39 Å². The summed E-state index contributed by atoms with van der Waals surface area (Å²) in [5.41, 5.74) is -1.14. The minimum absolute atomic E-state index is 0.159. The summed E-state index contributed by atoms with van der Waals surface area (Å²) in [6.45, 7) is 6.65. The summed E-state index contributed by atoms with van der Waals surface area (Å²) in [6.07, 6.45) is 4.42. The first-order valence-corrected chi connectivity index (χ1v) is 6.87. The zero-order chi connectivity index (χ0) is 12.6. The number of amides is 1. The van der Waals surface area contributed by atoms with Crippen molar-refractivity contribution in [1.82, 2.24) is 4.90 Å². The molecule has 2 rings (SSSR count). The summed E-state index contributed by atoms with van der Waals surface area (Å²) in [4.78, 5) is 13.9. The highest BCUT2D eigenvalue weighted by Gasteiger charge is 2.44. The van der Waals surface area contributed by atoms with E-state index in [-0.39, 0.29) is 11.8 Å². The molecule has 17 heavy (non-hydrogen) atoms. The van der Waals surface area contributed by atoms with E-state index in [9.17, 15) is 9.18 Å². The molecule has 1 aliphatic carbocycles. The molecule has 0 aromatic carbocycles. The zero-order valence-electron chi connectivity index (χ0n) is 11.2. The number of carbonyl (C=O) groups is 1. The van der Waals surface area contributed by atoms with Crippen molar-refractivity contribution in [3.63, 3.8) is 0 Å². The maximum absolute atomic E-state index is 13.4. The highest BCUT2D eigenvalue weighted by atomic mass is 19.1. The van der Waals surface area contributed by atoms with Gasteiger partial charge in [-0.3, -0.25) is 4.79 Å². The number of carbonyl (C=O) groups excluding carboxylic acids is 1. The minimum atomic E-state index is -1.14. The second-order valence-electron chi connectivity index (χ2n) is 6.48. The topological polar surface area (TPSA) is 20.3 Å². The Morgan fingerprint density at radius 2 is 2.00 bits per heavy atom. The van der Waals surface area contributed by atoms with Crippen LogP contribution >= 0.6 is 0 Å². The summed E-state index contributed by atoms with van der Waals surface area (Å²) >= 11 is 0. The Morgan fingerprint density at radius 1 is 1.35 bits per heavy atom. The van der Waals surface area contributed by atoms with Crippen LogP contribution in [0.3, 0.4) is 0 Å². The van der Waals surface area contributed by atoms with Gasteiger partial charge in [0.25, 0.3) is 0 Å². The lowest BCUT2D eigenvalue weighted by Gasteiger charge is -2.44. The second kappa shape index (κ2) is 4.58. The molecule has 2 atom stereocenters. The zero-order valence-corrected chi connectivity index (χ0v) is 11.2. The van der Waals surface area contributed by atoms with Crippen molar-refractivity contribution < 1.29 is 9.18 Å². The van der Waals surface area contributed by atoms with Gasteiger partial charge in [-0.1, -0.05) is 26.7 Å². The van der Waals surface area contributed by atoms with Crippen LogP contribution in [0.5, 0.6) is 0 Å². The number of likely N-dealkylation sites (tertiary alicyclic amines) is 1. The molecule has 1 heterocycles. The van der Waals surface area contributed by atoms with E-state index in [0.717, 1.165) is 19.3 Å². The molecule has 2 nitrogen and oxygen atoms in total. The van der Waals surface area contributed by atoms with Crippen LogP contribution in [0, 0.1) is 17.8 Å². The Hall–Kier alpha value is -0.600. The summed E-state index contributed by atoms with van der Waals surface area (Å²) in [6, 6.07) is 0. The second-order valence-corrected chi connectivity index (χ2v) is 6.48. The molecule has 0 aromatic heterocycles. The van der Waals surface area contributed by atoms with Crippen LogP contribution in [0.2, 0.25) is 0 Å². The molecule has 1 aliphatic heterocycles. The normalized spacial score (nSPS) is 32.4. The average molecular weight is 241 g/mol. The smallest absolute Gasteiger partial charge is 0.225 e. The van der Waals surface area contributed by atoms with Gasteiger partial charge in [-0.15, -0.1) is 0 Å². The fraction of sp³-hybridized carbons (Fsp3) is 0.929. The predicted molar refractivity (Wildman–Crippen MR) is 66.4 cm³/mol. The van der Waals surface area contributed by atoms with Crippen molar-refractivity contribution in [2.45, 2.75) is 52.1 Å². The largest absolute Gasteiger partial charge is 0.336 e. The van der Waals surface area contributed by atoms with Crippen molar-refractivity contribution in [1.29, 1.82) is 0 Å². The van der Waals surface area contributed by atoms with Gasteiger partial charge >= 0.3 is 0 Å².